The van der Waals surface area contributed by atoms with Crippen LogP contribution in [0, 0.1) is 0 Å². The minimum Gasteiger partial charge on any atom is -0.784 e. The predicted octanol–water partition coefficient (Wildman–Crippen LogP) is -4.57. The molecule has 0 aromatic carbocycles. The topological polar surface area (TPSA) is 314 Å². The maximum Gasteiger partial charge on any atom is 0.481 e. The van der Waals surface area contributed by atoms with Crippen LogP contribution in [0.25, 0.3) is 0 Å². The van der Waals surface area contributed by atoms with Crippen LogP contribution in [0.2, 0.25) is 0 Å². The highest BCUT2D eigenvalue weighted by molar-refractivity contribution is 7.68. The summed E-state index contributed by atoms with van der Waals surface area (Å²) in [5.74, 6) is -0.395. The number of anilines is 1. The number of piperazine rings is 1. The summed E-state index contributed by atoms with van der Waals surface area (Å²) in [5, 5.41) is 28.8. The zero-order chi connectivity index (χ0) is 32.1. The number of carbonyl (C=O) groups is 1. The van der Waals surface area contributed by atoms with Gasteiger partial charge in [0.25, 0.3) is 0 Å². The number of fused-ring (bicyclic) bond motifs is 2. The molecule has 4 aliphatic heterocycles. The van der Waals surface area contributed by atoms with Crippen LogP contribution in [-0.4, -0.2) is 104 Å². The van der Waals surface area contributed by atoms with Gasteiger partial charge in [0.2, 0.25) is 5.91 Å². The number of nitrogens with zero attached hydrogens (tertiary/aromatic N) is 3. The van der Waals surface area contributed by atoms with Gasteiger partial charge in [-0.15, -0.1) is 0 Å². The van der Waals surface area contributed by atoms with Crippen molar-refractivity contribution in [2.24, 2.45) is 10.7 Å². The number of aliphatic hydroxyl groups is 2. The van der Waals surface area contributed by atoms with Crippen molar-refractivity contribution in [2.75, 3.05) is 18.9 Å². The molecule has 11 N–H and O–H groups in total. The first-order valence-corrected chi connectivity index (χ1v) is 16.3. The Balaban J connectivity index is 1.17. The van der Waals surface area contributed by atoms with Crippen molar-refractivity contribution in [3.63, 3.8) is 0 Å². The van der Waals surface area contributed by atoms with Crippen molar-refractivity contribution in [1.29, 1.82) is 0 Å². The van der Waals surface area contributed by atoms with E-state index >= 15 is 0 Å². The van der Waals surface area contributed by atoms with Gasteiger partial charge in [0.05, 0.1) is 25.4 Å². The second kappa shape index (κ2) is 12.5. The summed E-state index contributed by atoms with van der Waals surface area (Å²) in [7, 11) is -10.7. The van der Waals surface area contributed by atoms with Crippen LogP contribution in [0.5, 0.6) is 0 Å². The molecule has 44 heavy (non-hydrogen) atoms. The highest BCUT2D eigenvalue weighted by Crippen LogP contribution is 2.60. The summed E-state index contributed by atoms with van der Waals surface area (Å²) in [5.41, 5.74) is 10.2. The smallest absolute Gasteiger partial charge is 0.481 e. The molecule has 21 nitrogen and oxygen atoms in total. The Morgan fingerprint density at radius 2 is 1.73 bits per heavy atom. The van der Waals surface area contributed by atoms with E-state index in [1.165, 1.54) is 6.07 Å². The number of rotatable bonds is 9. The van der Waals surface area contributed by atoms with E-state index in [-0.39, 0.29) is 21.5 Å². The van der Waals surface area contributed by atoms with Crippen LogP contribution in [0.15, 0.2) is 31.9 Å². The van der Waals surface area contributed by atoms with Gasteiger partial charge >= 0.3 is 21.3 Å². The fourth-order valence-corrected chi connectivity index (χ4v) is 7.25. The molecule has 1 aromatic heterocycles. The third-order valence-electron chi connectivity index (χ3n) is 6.63. The van der Waals surface area contributed by atoms with Gasteiger partial charge in [-0.2, -0.15) is 19.1 Å². The van der Waals surface area contributed by atoms with Gasteiger partial charge in [-0.1, -0.05) is 0 Å². The average Bonchev–Trinajstić information content (AvgIpc) is 3.20. The number of hydrogen-bond donors (Lipinski definition) is 9. The molecule has 2 saturated heterocycles. The van der Waals surface area contributed by atoms with Crippen LogP contribution in [0.4, 0.5) is 5.82 Å². The zero-order valence-electron chi connectivity index (χ0n) is 21.9. The van der Waals surface area contributed by atoms with Gasteiger partial charge in [-0.25, -0.2) is 18.9 Å². The van der Waals surface area contributed by atoms with Crippen LogP contribution in [0.1, 0.15) is 6.23 Å². The first-order chi connectivity index (χ1) is 20.5. The fraction of sp³-hybridized carbons (Fsp3) is 0.579. The molecule has 1 amide bonds. The normalized spacial score (nSPS) is 36.2. The maximum atomic E-state index is 12.5. The Morgan fingerprint density at radius 1 is 1.05 bits per heavy atom. The third-order valence-corrected chi connectivity index (χ3v) is 10.3. The quantitative estimate of drug-likeness (QED) is 0.0865. The lowest BCUT2D eigenvalue weighted by molar-refractivity contribution is -0.124. The first-order valence-electron chi connectivity index (χ1n) is 12.5. The van der Waals surface area contributed by atoms with Gasteiger partial charge in [-0.05, 0) is 6.07 Å². The average molecular weight is 701 g/mol. The number of nitrogens with one attached hydrogen (secondary N) is 3. The van der Waals surface area contributed by atoms with E-state index in [0.29, 0.717) is 0 Å². The van der Waals surface area contributed by atoms with Gasteiger partial charge in [0.15, 0.2) is 12.5 Å². The summed E-state index contributed by atoms with van der Waals surface area (Å²) in [4.78, 5) is 52.1. The number of aliphatic hydroxyl groups excluding tert-OH is 2. The molecule has 11 atom stereocenters. The molecule has 5 heterocycles. The number of aliphatic imine (C=N–C) groups is 1. The van der Waals surface area contributed by atoms with Crippen LogP contribution in [0.3, 0.4) is 0 Å². The first kappa shape index (κ1) is 33.2. The lowest BCUT2D eigenvalue weighted by Gasteiger charge is -2.51. The molecule has 2 fully saturated rings. The van der Waals surface area contributed by atoms with E-state index in [1.807, 2.05) is 0 Å². The van der Waals surface area contributed by atoms with Crippen molar-refractivity contribution >= 4 is 58.5 Å². The number of carbonyl (C=O) groups excluding carboxylic acids is 1. The number of hydrogen-bond acceptors (Lipinski definition) is 19. The lowest BCUT2D eigenvalue weighted by atomic mass is 10.0. The molecule has 244 valence electrons. The minimum absolute atomic E-state index is 0.0109. The highest BCUT2D eigenvalue weighted by atomic mass is 32.1. The van der Waals surface area contributed by atoms with Crippen LogP contribution >= 0.6 is 15.6 Å². The van der Waals surface area contributed by atoms with E-state index in [1.54, 1.807) is 0 Å². The number of nitrogens with two attached hydrogens (primary N) is 2. The molecule has 0 saturated carbocycles. The number of aromatic nitrogens is 2. The summed E-state index contributed by atoms with van der Waals surface area (Å²) < 4.78 is 50.7. The Morgan fingerprint density at radius 3 is 2.41 bits per heavy atom. The minimum atomic E-state index is -5.37. The predicted molar refractivity (Wildman–Crippen MR) is 149 cm³/mol. The zero-order valence-corrected chi connectivity index (χ0v) is 25.4. The number of amides is 1. The van der Waals surface area contributed by atoms with E-state index in [4.69, 9.17) is 50.7 Å². The summed E-state index contributed by atoms with van der Waals surface area (Å²) in [6.07, 6.45) is -8.37. The molecule has 4 unspecified atom stereocenters. The Labute approximate surface area is 258 Å². The standard InChI is InChI=1S/C19H28N8O13P2S2/c20-7-1-2-27(19(31)22-7)17-11(29)10(28)5(39-17)3-36-41(32,33)40-42(34,35)37-4-6-12(43)13(44)8-16(38-6)24-14-9(23-8)15(30)26-18(21)25-14/h1-2,5-6,8-11,16-18,23,28-29,43-44H,3-4,21H2,(H,24,25)(H,26,30)(H,32,33)(H,34,35)(H2,20,22,31)/p-2/t5-,6-,8+,9?,10-,11-,16-,17-,18?/m1/s1. The molecule has 0 radical (unpaired) electrons. The Hall–Kier alpha value is -2.18. The largest absolute Gasteiger partial charge is 0.784 e. The Bertz CT molecular complexity index is 1530. The van der Waals surface area contributed by atoms with Crippen molar-refractivity contribution in [2.45, 2.75) is 55.2 Å². The van der Waals surface area contributed by atoms with Gasteiger partial charge < -0.3 is 71.1 Å². The summed E-state index contributed by atoms with van der Waals surface area (Å²) in [6, 6.07) is -0.430. The third kappa shape index (κ3) is 6.97. The number of amidine groups is 1. The summed E-state index contributed by atoms with van der Waals surface area (Å²) >= 11 is 10.7. The lowest BCUT2D eigenvalue weighted by Crippen LogP contribution is -2.73. The van der Waals surface area contributed by atoms with Crippen molar-refractivity contribution in [3.8, 4) is 0 Å². The van der Waals surface area contributed by atoms with Gasteiger partial charge in [0.1, 0.15) is 42.2 Å². The maximum absolute atomic E-state index is 12.5. The summed E-state index contributed by atoms with van der Waals surface area (Å²) in [6.45, 7) is -1.70. The molecule has 4 aliphatic rings. The second-order valence-corrected chi connectivity index (χ2v) is 13.6. The molecule has 0 spiro atoms. The number of phosphoric ester groups is 2. The van der Waals surface area contributed by atoms with Gasteiger partial charge in [-0.3, -0.25) is 29.5 Å². The van der Waals surface area contributed by atoms with E-state index < -0.39 is 95.7 Å². The molecule has 0 bridgehead atoms. The molecule has 0 aliphatic carbocycles. The highest BCUT2D eigenvalue weighted by Gasteiger charge is 2.47. The van der Waals surface area contributed by atoms with Crippen molar-refractivity contribution in [1.82, 2.24) is 25.5 Å². The van der Waals surface area contributed by atoms with Gasteiger partial charge in [0, 0.05) is 6.20 Å². The van der Waals surface area contributed by atoms with E-state index in [0.717, 1.165) is 10.8 Å². The fourth-order valence-electron chi connectivity index (χ4n) is 4.60. The second-order valence-electron chi connectivity index (χ2n) is 9.66. The number of ether oxygens (including phenoxy) is 2. The SMILES string of the molecule is Nc1ccn([C@@H]2O[C@H](COP(=O)(O)OP(=O)(O)OC[C@H]3O[C@H]4NC5=NC(N)NC(=O)C5N[C@H]4C([S-])=C3[S-])[C@@H](O)[C@H]2O)c(=O)n1. The molecular weight excluding hydrogens is 674 g/mol. The van der Waals surface area contributed by atoms with Crippen molar-refractivity contribution < 1.29 is 56.8 Å². The van der Waals surface area contributed by atoms with E-state index in [2.05, 4.69) is 34.8 Å². The Kier molecular flexibility index (Phi) is 9.47. The molecule has 25 heteroatoms. The molecule has 1 aromatic rings. The van der Waals surface area contributed by atoms with Crippen LogP contribution < -0.4 is 33.1 Å². The number of phosphoric acid groups is 2. The number of nitrogen functional groups attached to an aromatic ring is 1. The monoisotopic (exact) mass is 700 g/mol. The van der Waals surface area contributed by atoms with Crippen LogP contribution in [-0.2, 0) is 62.0 Å². The van der Waals surface area contributed by atoms with Crippen molar-refractivity contribution in [3.05, 3.63) is 32.6 Å². The van der Waals surface area contributed by atoms with E-state index in [9.17, 15) is 38.7 Å². The molecule has 5 rings (SSSR count). The molecular formula is C19H26N8O13P2S2-2.